The van der Waals surface area contributed by atoms with Crippen LogP contribution in [0.15, 0.2) is 30.3 Å². The van der Waals surface area contributed by atoms with Crippen molar-refractivity contribution in [3.8, 4) is 0 Å². The fourth-order valence-electron chi connectivity index (χ4n) is 3.05. The van der Waals surface area contributed by atoms with Crippen molar-refractivity contribution in [3.63, 3.8) is 0 Å². The first-order valence-corrected chi connectivity index (χ1v) is 5.73. The van der Waals surface area contributed by atoms with Crippen LogP contribution in [0.4, 0.5) is 0 Å². The fraction of sp³-hybridized carbons (Fsp3) is 0.429. The molecule has 0 saturated carbocycles. The van der Waals surface area contributed by atoms with Crippen LogP contribution in [0.2, 0.25) is 0 Å². The van der Waals surface area contributed by atoms with E-state index in [0.29, 0.717) is 6.04 Å². The smallest absolute Gasteiger partial charge is 0.0354 e. The lowest BCUT2D eigenvalue weighted by Gasteiger charge is -2.25. The van der Waals surface area contributed by atoms with E-state index < -0.39 is 0 Å². The summed E-state index contributed by atoms with van der Waals surface area (Å²) in [6.45, 7) is 3.46. The molecule has 1 fully saturated rings. The van der Waals surface area contributed by atoms with Crippen molar-refractivity contribution in [2.24, 2.45) is 5.92 Å². The third-order valence-electron chi connectivity index (χ3n) is 3.81. The lowest BCUT2D eigenvalue weighted by atomic mass is 9.96. The van der Waals surface area contributed by atoms with Gasteiger partial charge in [0.05, 0.1) is 0 Å². The summed E-state index contributed by atoms with van der Waals surface area (Å²) in [6.07, 6.45) is 3.83. The Morgan fingerprint density at radius 2 is 2.07 bits per heavy atom. The van der Waals surface area contributed by atoms with E-state index in [0.717, 1.165) is 5.92 Å². The number of fused-ring (bicyclic) bond motifs is 2. The van der Waals surface area contributed by atoms with Crippen molar-refractivity contribution in [2.45, 2.75) is 19.4 Å². The summed E-state index contributed by atoms with van der Waals surface area (Å²) >= 11 is 0. The Morgan fingerprint density at radius 1 is 1.27 bits per heavy atom. The van der Waals surface area contributed by atoms with Gasteiger partial charge in [0.2, 0.25) is 0 Å². The van der Waals surface area contributed by atoms with E-state index in [1.807, 2.05) is 0 Å². The van der Waals surface area contributed by atoms with Gasteiger partial charge in [-0.05, 0) is 43.0 Å². The highest BCUT2D eigenvalue weighted by Gasteiger charge is 2.37. The topological polar surface area (TPSA) is 3.24 Å². The molecule has 0 amide bonds. The van der Waals surface area contributed by atoms with Crippen LogP contribution in [0, 0.1) is 12.8 Å². The molecule has 1 aliphatic carbocycles. The Hall–Kier alpha value is -1.08. The van der Waals surface area contributed by atoms with Crippen LogP contribution < -0.4 is 0 Å². The molecule has 2 aliphatic rings. The first-order valence-electron chi connectivity index (χ1n) is 5.73. The molecule has 1 nitrogen and oxygen atoms in total. The molecule has 2 bridgehead atoms. The molecule has 1 aromatic rings. The molecule has 0 aromatic heterocycles. The molecule has 1 heterocycles. The molecule has 0 radical (unpaired) electrons. The molecule has 78 valence electrons. The number of aryl methyl sites for hydroxylation is 1. The van der Waals surface area contributed by atoms with Gasteiger partial charge in [0.15, 0.2) is 0 Å². The fourth-order valence-corrected chi connectivity index (χ4v) is 3.05. The van der Waals surface area contributed by atoms with Gasteiger partial charge in [-0.2, -0.15) is 0 Å². The van der Waals surface area contributed by atoms with E-state index in [1.165, 1.54) is 24.1 Å². The van der Waals surface area contributed by atoms with E-state index in [4.69, 9.17) is 0 Å². The Labute approximate surface area is 91.4 Å². The predicted molar refractivity (Wildman–Crippen MR) is 63.7 cm³/mol. The van der Waals surface area contributed by atoms with Gasteiger partial charge in [0, 0.05) is 12.6 Å². The molecule has 1 aliphatic heterocycles. The van der Waals surface area contributed by atoms with Crippen molar-refractivity contribution in [1.82, 2.24) is 4.90 Å². The van der Waals surface area contributed by atoms with Crippen molar-refractivity contribution < 1.29 is 0 Å². The van der Waals surface area contributed by atoms with E-state index in [1.54, 1.807) is 5.57 Å². The minimum atomic E-state index is 0.677. The van der Waals surface area contributed by atoms with Crippen molar-refractivity contribution in [1.29, 1.82) is 0 Å². The summed E-state index contributed by atoms with van der Waals surface area (Å²) in [5, 5.41) is 0. The van der Waals surface area contributed by atoms with Gasteiger partial charge in [-0.25, -0.2) is 0 Å². The van der Waals surface area contributed by atoms with Crippen LogP contribution in [0.25, 0.3) is 5.57 Å². The first-order chi connectivity index (χ1) is 7.25. The van der Waals surface area contributed by atoms with Gasteiger partial charge in [-0.3, -0.25) is 4.90 Å². The zero-order valence-electron chi connectivity index (χ0n) is 9.40. The molecule has 1 saturated heterocycles. The van der Waals surface area contributed by atoms with Gasteiger partial charge in [0.1, 0.15) is 0 Å². The van der Waals surface area contributed by atoms with Gasteiger partial charge in [-0.1, -0.05) is 30.3 Å². The van der Waals surface area contributed by atoms with Crippen LogP contribution in [-0.4, -0.2) is 24.5 Å². The van der Waals surface area contributed by atoms with Crippen LogP contribution in [0.5, 0.6) is 0 Å². The zero-order valence-corrected chi connectivity index (χ0v) is 9.40. The normalized spacial score (nSPS) is 29.6. The monoisotopic (exact) mass is 199 g/mol. The average Bonchev–Trinajstić information content (AvgIpc) is 2.76. The molecule has 2 unspecified atom stereocenters. The lowest BCUT2D eigenvalue weighted by molar-refractivity contribution is 0.353. The van der Waals surface area contributed by atoms with Gasteiger partial charge in [-0.15, -0.1) is 0 Å². The molecule has 3 rings (SSSR count). The zero-order chi connectivity index (χ0) is 10.4. The largest absolute Gasteiger partial charge is 0.299 e. The molecule has 15 heavy (non-hydrogen) atoms. The summed E-state index contributed by atoms with van der Waals surface area (Å²) in [6, 6.07) is 9.42. The van der Waals surface area contributed by atoms with E-state index in [9.17, 15) is 0 Å². The number of hydrogen-bond donors (Lipinski definition) is 0. The number of benzene rings is 1. The van der Waals surface area contributed by atoms with Gasteiger partial charge < -0.3 is 0 Å². The van der Waals surface area contributed by atoms with E-state index >= 15 is 0 Å². The van der Waals surface area contributed by atoms with Crippen molar-refractivity contribution in [3.05, 3.63) is 41.5 Å². The first kappa shape index (κ1) is 9.17. The van der Waals surface area contributed by atoms with Crippen LogP contribution in [-0.2, 0) is 0 Å². The summed E-state index contributed by atoms with van der Waals surface area (Å²) in [5.41, 5.74) is 4.42. The van der Waals surface area contributed by atoms with Crippen molar-refractivity contribution in [2.75, 3.05) is 13.6 Å². The molecule has 1 heteroatoms. The molecule has 1 aromatic carbocycles. The number of likely N-dealkylation sites (tertiary alicyclic amines) is 1. The average molecular weight is 199 g/mol. The third-order valence-corrected chi connectivity index (χ3v) is 3.81. The second-order valence-corrected chi connectivity index (χ2v) is 4.89. The molecule has 0 N–H and O–H groups in total. The van der Waals surface area contributed by atoms with Crippen LogP contribution in [0.3, 0.4) is 0 Å². The van der Waals surface area contributed by atoms with Gasteiger partial charge >= 0.3 is 0 Å². The molecule has 0 spiro atoms. The SMILES string of the molecule is Cc1ccccc1C1=CC2CC1N(C)C2. The molecular formula is C14H17N. The molecular weight excluding hydrogens is 182 g/mol. The van der Waals surface area contributed by atoms with E-state index in [2.05, 4.69) is 49.2 Å². The standard InChI is InChI=1S/C14H17N/c1-10-5-3-4-6-12(10)13-7-11-8-14(13)15(2)9-11/h3-7,11,14H,8-9H2,1-2H3. The quantitative estimate of drug-likeness (QED) is 0.672. The highest BCUT2D eigenvalue weighted by atomic mass is 15.2. The highest BCUT2D eigenvalue weighted by Crippen LogP contribution is 2.41. The predicted octanol–water partition coefficient (Wildman–Crippen LogP) is 2.71. The third kappa shape index (κ3) is 1.34. The maximum atomic E-state index is 2.49. The second kappa shape index (κ2) is 3.21. The van der Waals surface area contributed by atoms with Crippen LogP contribution in [0.1, 0.15) is 17.5 Å². The number of likely N-dealkylation sites (N-methyl/N-ethyl adjacent to an activating group) is 1. The van der Waals surface area contributed by atoms with Gasteiger partial charge in [0.25, 0.3) is 0 Å². The Morgan fingerprint density at radius 3 is 2.73 bits per heavy atom. The Bertz CT molecular complexity index is 419. The van der Waals surface area contributed by atoms with E-state index in [-0.39, 0.29) is 0 Å². The maximum absolute atomic E-state index is 2.49. The summed E-state index contributed by atoms with van der Waals surface area (Å²) < 4.78 is 0. The lowest BCUT2D eigenvalue weighted by Crippen LogP contribution is -2.28. The second-order valence-electron chi connectivity index (χ2n) is 4.89. The van der Waals surface area contributed by atoms with Crippen LogP contribution >= 0.6 is 0 Å². The van der Waals surface area contributed by atoms with Crippen molar-refractivity contribution >= 4 is 5.57 Å². The summed E-state index contributed by atoms with van der Waals surface area (Å²) in [4.78, 5) is 2.49. The minimum absolute atomic E-state index is 0.677. The Balaban J connectivity index is 2.03. The minimum Gasteiger partial charge on any atom is -0.299 e. The Kier molecular flexibility index (Phi) is 1.96. The highest BCUT2D eigenvalue weighted by molar-refractivity contribution is 5.75. The number of nitrogens with zero attached hydrogens (tertiary/aromatic N) is 1. The maximum Gasteiger partial charge on any atom is 0.0354 e. The number of hydrogen-bond acceptors (Lipinski definition) is 1. The summed E-state index contributed by atoms with van der Waals surface area (Å²) in [7, 11) is 2.25. The number of rotatable bonds is 1. The molecule has 2 atom stereocenters. The summed E-state index contributed by atoms with van der Waals surface area (Å²) in [5.74, 6) is 0.801.